The SMILES string of the molecule is Cc1ccc(OC2=CCN(/C(=C/C(=O)O)C(=O)O)CC2)cc1. The minimum atomic E-state index is -1.27. The highest BCUT2D eigenvalue weighted by atomic mass is 16.5. The molecule has 22 heavy (non-hydrogen) atoms. The van der Waals surface area contributed by atoms with E-state index in [1.54, 1.807) is 6.08 Å². The molecule has 0 radical (unpaired) electrons. The summed E-state index contributed by atoms with van der Waals surface area (Å²) in [6.07, 6.45) is 2.99. The van der Waals surface area contributed by atoms with E-state index in [0.29, 0.717) is 25.6 Å². The summed E-state index contributed by atoms with van der Waals surface area (Å²) in [7, 11) is 0. The molecule has 6 heteroatoms. The highest BCUT2D eigenvalue weighted by molar-refractivity contribution is 5.94. The summed E-state index contributed by atoms with van der Waals surface area (Å²) in [6.45, 7) is 2.68. The van der Waals surface area contributed by atoms with Crippen LogP contribution in [0.1, 0.15) is 12.0 Å². The summed E-state index contributed by atoms with van der Waals surface area (Å²) in [4.78, 5) is 23.3. The number of ether oxygens (including phenoxy) is 1. The van der Waals surface area contributed by atoms with Crippen molar-refractivity contribution in [3.8, 4) is 5.75 Å². The van der Waals surface area contributed by atoms with Gasteiger partial charge >= 0.3 is 11.9 Å². The van der Waals surface area contributed by atoms with E-state index in [9.17, 15) is 9.59 Å². The Hall–Kier alpha value is -2.76. The molecule has 0 amide bonds. The van der Waals surface area contributed by atoms with Crippen LogP contribution >= 0.6 is 0 Å². The van der Waals surface area contributed by atoms with Crippen molar-refractivity contribution < 1.29 is 24.5 Å². The summed E-state index contributed by atoms with van der Waals surface area (Å²) in [5, 5.41) is 17.8. The van der Waals surface area contributed by atoms with Gasteiger partial charge in [-0.1, -0.05) is 17.7 Å². The number of hydrogen-bond donors (Lipinski definition) is 2. The molecule has 1 aliphatic rings. The molecule has 0 aliphatic carbocycles. The Balaban J connectivity index is 2.04. The fourth-order valence-electron chi connectivity index (χ4n) is 2.12. The third-order valence-electron chi connectivity index (χ3n) is 3.26. The van der Waals surface area contributed by atoms with Crippen molar-refractivity contribution in [3.63, 3.8) is 0 Å². The molecule has 0 saturated carbocycles. The van der Waals surface area contributed by atoms with Gasteiger partial charge in [-0.05, 0) is 25.1 Å². The van der Waals surface area contributed by atoms with Crippen molar-refractivity contribution in [2.45, 2.75) is 13.3 Å². The average Bonchev–Trinajstić information content (AvgIpc) is 2.48. The number of nitrogens with zero attached hydrogens (tertiary/aromatic N) is 1. The van der Waals surface area contributed by atoms with Crippen molar-refractivity contribution >= 4 is 11.9 Å². The topological polar surface area (TPSA) is 87.1 Å². The monoisotopic (exact) mass is 303 g/mol. The molecule has 0 bridgehead atoms. The zero-order valence-corrected chi connectivity index (χ0v) is 12.2. The average molecular weight is 303 g/mol. The van der Waals surface area contributed by atoms with E-state index in [2.05, 4.69) is 0 Å². The molecule has 0 aromatic heterocycles. The third kappa shape index (κ3) is 4.12. The molecular weight excluding hydrogens is 286 g/mol. The first-order chi connectivity index (χ1) is 10.5. The summed E-state index contributed by atoms with van der Waals surface area (Å²) >= 11 is 0. The van der Waals surface area contributed by atoms with Gasteiger partial charge in [-0.2, -0.15) is 0 Å². The molecule has 2 rings (SSSR count). The molecule has 6 nitrogen and oxygen atoms in total. The Labute approximate surface area is 127 Å². The first-order valence-electron chi connectivity index (χ1n) is 6.82. The van der Waals surface area contributed by atoms with Crippen LogP contribution in [-0.4, -0.2) is 40.1 Å². The van der Waals surface area contributed by atoms with Gasteiger partial charge in [0.1, 0.15) is 17.2 Å². The van der Waals surface area contributed by atoms with E-state index in [-0.39, 0.29) is 5.70 Å². The van der Waals surface area contributed by atoms with E-state index in [0.717, 1.165) is 17.1 Å². The zero-order chi connectivity index (χ0) is 16.1. The molecule has 0 unspecified atom stereocenters. The maximum absolute atomic E-state index is 11.1. The van der Waals surface area contributed by atoms with Crippen LogP contribution in [-0.2, 0) is 9.59 Å². The lowest BCUT2D eigenvalue weighted by molar-refractivity contribution is -0.136. The predicted octanol–water partition coefficient (Wildman–Crippen LogP) is 2.02. The van der Waals surface area contributed by atoms with Crippen LogP contribution in [0.4, 0.5) is 0 Å². The second-order valence-corrected chi connectivity index (χ2v) is 4.95. The van der Waals surface area contributed by atoms with Crippen LogP contribution in [0.3, 0.4) is 0 Å². The van der Waals surface area contributed by atoms with Gasteiger partial charge in [0.2, 0.25) is 0 Å². The predicted molar refractivity (Wildman–Crippen MR) is 79.4 cm³/mol. The number of aryl methyl sites for hydroxylation is 1. The van der Waals surface area contributed by atoms with Gasteiger partial charge in [0.05, 0.1) is 6.08 Å². The first kappa shape index (κ1) is 15.6. The molecule has 0 spiro atoms. The molecular formula is C16H17NO5. The lowest BCUT2D eigenvalue weighted by Crippen LogP contribution is -2.33. The van der Waals surface area contributed by atoms with Crippen LogP contribution in [0.25, 0.3) is 0 Å². The van der Waals surface area contributed by atoms with Crippen LogP contribution < -0.4 is 4.74 Å². The Bertz CT molecular complexity index is 630. The van der Waals surface area contributed by atoms with Crippen LogP contribution in [0.2, 0.25) is 0 Å². The number of aliphatic carboxylic acids is 2. The Kier molecular flexibility index (Phi) is 4.83. The Morgan fingerprint density at radius 1 is 1.23 bits per heavy atom. The van der Waals surface area contributed by atoms with Gasteiger partial charge in [-0.25, -0.2) is 9.59 Å². The van der Waals surface area contributed by atoms with Crippen LogP contribution in [0, 0.1) is 6.92 Å². The number of carboxylic acids is 2. The van der Waals surface area contributed by atoms with Gasteiger partial charge in [-0.3, -0.25) is 0 Å². The number of benzene rings is 1. The van der Waals surface area contributed by atoms with E-state index in [1.165, 1.54) is 4.90 Å². The molecule has 1 aromatic rings. The quantitative estimate of drug-likeness (QED) is 0.809. The normalized spacial score (nSPS) is 15.2. The summed E-state index contributed by atoms with van der Waals surface area (Å²) in [5.41, 5.74) is 0.916. The largest absolute Gasteiger partial charge is 0.478 e. The lowest BCUT2D eigenvalue weighted by atomic mass is 10.2. The lowest BCUT2D eigenvalue weighted by Gasteiger charge is -2.28. The van der Waals surface area contributed by atoms with E-state index in [1.807, 2.05) is 31.2 Å². The number of rotatable bonds is 5. The van der Waals surface area contributed by atoms with Crippen molar-refractivity contribution in [1.29, 1.82) is 0 Å². The van der Waals surface area contributed by atoms with E-state index in [4.69, 9.17) is 14.9 Å². The smallest absolute Gasteiger partial charge is 0.352 e. The maximum atomic E-state index is 11.1. The van der Waals surface area contributed by atoms with Crippen molar-refractivity contribution in [2.24, 2.45) is 0 Å². The highest BCUT2D eigenvalue weighted by Gasteiger charge is 2.21. The zero-order valence-electron chi connectivity index (χ0n) is 12.2. The van der Waals surface area contributed by atoms with Gasteiger partial charge in [-0.15, -0.1) is 0 Å². The molecule has 1 aromatic carbocycles. The number of carbonyl (C=O) groups is 2. The molecule has 1 aliphatic heterocycles. The van der Waals surface area contributed by atoms with Crippen molar-refractivity contribution in [3.05, 3.63) is 53.4 Å². The van der Waals surface area contributed by atoms with E-state index >= 15 is 0 Å². The van der Waals surface area contributed by atoms with Gasteiger partial charge in [0.25, 0.3) is 0 Å². The second kappa shape index (κ2) is 6.80. The van der Waals surface area contributed by atoms with Gasteiger partial charge in [0, 0.05) is 19.5 Å². The van der Waals surface area contributed by atoms with Crippen LogP contribution in [0.15, 0.2) is 47.9 Å². The fraction of sp³-hybridized carbons (Fsp3) is 0.250. The Morgan fingerprint density at radius 2 is 1.91 bits per heavy atom. The minimum Gasteiger partial charge on any atom is -0.478 e. The maximum Gasteiger partial charge on any atom is 0.352 e. The molecule has 2 N–H and O–H groups in total. The van der Waals surface area contributed by atoms with Crippen LogP contribution in [0.5, 0.6) is 5.75 Å². The Morgan fingerprint density at radius 3 is 2.41 bits per heavy atom. The fourth-order valence-corrected chi connectivity index (χ4v) is 2.12. The molecule has 0 fully saturated rings. The number of carboxylic acid groups (broad SMARTS) is 2. The third-order valence-corrected chi connectivity index (χ3v) is 3.26. The molecule has 116 valence electrons. The summed E-state index contributed by atoms with van der Waals surface area (Å²) in [6, 6.07) is 7.64. The van der Waals surface area contributed by atoms with Gasteiger partial charge in [0.15, 0.2) is 0 Å². The second-order valence-electron chi connectivity index (χ2n) is 4.95. The standard InChI is InChI=1S/C16H17NO5/c1-11-2-4-12(5-3-11)22-13-6-8-17(9-7-13)14(16(20)21)10-15(18)19/h2-6,10H,7-9H2,1H3,(H,18,19)(H,20,21)/b14-10+. The number of hydrogen-bond acceptors (Lipinski definition) is 4. The van der Waals surface area contributed by atoms with Crippen molar-refractivity contribution in [2.75, 3.05) is 13.1 Å². The molecule has 1 heterocycles. The summed E-state index contributed by atoms with van der Waals surface area (Å²) < 4.78 is 5.73. The minimum absolute atomic E-state index is 0.224. The first-order valence-corrected chi connectivity index (χ1v) is 6.82. The van der Waals surface area contributed by atoms with Crippen molar-refractivity contribution in [1.82, 2.24) is 4.90 Å². The highest BCUT2D eigenvalue weighted by Crippen LogP contribution is 2.20. The summed E-state index contributed by atoms with van der Waals surface area (Å²) in [5.74, 6) is -1.05. The van der Waals surface area contributed by atoms with E-state index < -0.39 is 11.9 Å². The molecule has 0 atom stereocenters. The molecule has 0 saturated heterocycles. The van der Waals surface area contributed by atoms with Gasteiger partial charge < -0.3 is 19.8 Å².